The van der Waals surface area contributed by atoms with Crippen LogP contribution in [0.15, 0.2) is 21.7 Å². The van der Waals surface area contributed by atoms with Gasteiger partial charge in [-0.15, -0.1) is 0 Å². The third-order valence-corrected chi connectivity index (χ3v) is 2.94. The van der Waals surface area contributed by atoms with Crippen molar-refractivity contribution in [3.8, 4) is 0 Å². The van der Waals surface area contributed by atoms with Crippen molar-refractivity contribution in [1.29, 1.82) is 0 Å². The van der Waals surface area contributed by atoms with Gasteiger partial charge in [-0.05, 0) is 19.4 Å². The molecule has 0 radical (unpaired) electrons. The van der Waals surface area contributed by atoms with Gasteiger partial charge >= 0.3 is 5.97 Å². The second kappa shape index (κ2) is 5.05. The van der Waals surface area contributed by atoms with Crippen LogP contribution in [0, 0.1) is 13.8 Å². The van der Waals surface area contributed by atoms with Crippen molar-refractivity contribution in [3.05, 3.63) is 45.5 Å². The number of carboxylic acid groups (broad SMARTS) is 1. The van der Waals surface area contributed by atoms with Gasteiger partial charge in [0.2, 0.25) is 5.89 Å². The molecule has 0 spiro atoms. The number of pyridine rings is 1. The van der Waals surface area contributed by atoms with Gasteiger partial charge < -0.3 is 14.2 Å². The first-order valence-electron chi connectivity index (χ1n) is 5.70. The molecule has 7 nitrogen and oxygen atoms in total. The minimum absolute atomic E-state index is 0.158. The lowest BCUT2D eigenvalue weighted by molar-refractivity contribution is 0.0694. The summed E-state index contributed by atoms with van der Waals surface area (Å²) in [4.78, 5) is 26.9. The van der Waals surface area contributed by atoms with Crippen LogP contribution in [0.4, 0.5) is 0 Å². The molecule has 0 aromatic carbocycles. The molecule has 0 saturated carbocycles. The summed E-state index contributed by atoms with van der Waals surface area (Å²) in [6.07, 6.45) is 1.66. The zero-order chi connectivity index (χ0) is 14.0. The normalized spacial score (nSPS) is 10.6. The predicted molar refractivity (Wildman–Crippen MR) is 65.1 cm³/mol. The monoisotopic (exact) mass is 263 g/mol. The van der Waals surface area contributed by atoms with E-state index in [4.69, 9.17) is 9.63 Å². The van der Waals surface area contributed by atoms with Crippen LogP contribution in [0.3, 0.4) is 0 Å². The number of hydrogen-bond acceptors (Lipinski definition) is 5. The maximum absolute atomic E-state index is 11.9. The fraction of sp³-hybridized carbons (Fsp3) is 0.333. The highest BCUT2D eigenvalue weighted by Crippen LogP contribution is 2.11. The number of aromatic carboxylic acids is 1. The van der Waals surface area contributed by atoms with E-state index >= 15 is 0 Å². The van der Waals surface area contributed by atoms with Crippen molar-refractivity contribution in [2.75, 3.05) is 0 Å². The lowest BCUT2D eigenvalue weighted by Gasteiger charge is -2.13. The van der Waals surface area contributed by atoms with Crippen LogP contribution in [0.2, 0.25) is 0 Å². The number of aromatic nitrogens is 3. The molecule has 0 unspecified atom stereocenters. The summed E-state index contributed by atoms with van der Waals surface area (Å²) in [6, 6.07) is 1.32. The van der Waals surface area contributed by atoms with Crippen molar-refractivity contribution in [2.24, 2.45) is 0 Å². The Kier molecular flexibility index (Phi) is 3.46. The van der Waals surface area contributed by atoms with E-state index in [-0.39, 0.29) is 11.1 Å². The molecule has 0 aliphatic carbocycles. The molecule has 0 atom stereocenters. The number of carboxylic acids is 1. The van der Waals surface area contributed by atoms with Crippen LogP contribution in [-0.2, 0) is 13.0 Å². The summed E-state index contributed by atoms with van der Waals surface area (Å²) in [5.41, 5.74) is 0.811. The Bertz CT molecular complexity index is 658. The summed E-state index contributed by atoms with van der Waals surface area (Å²) < 4.78 is 6.25. The average molecular weight is 263 g/mol. The van der Waals surface area contributed by atoms with Crippen molar-refractivity contribution >= 4 is 5.97 Å². The number of carbonyl (C=O) groups is 1. The molecule has 7 heteroatoms. The maximum atomic E-state index is 11.9. The van der Waals surface area contributed by atoms with Gasteiger partial charge in [0.05, 0.1) is 5.56 Å². The minimum Gasteiger partial charge on any atom is -0.478 e. The Morgan fingerprint density at radius 1 is 1.47 bits per heavy atom. The van der Waals surface area contributed by atoms with E-state index in [1.54, 1.807) is 13.8 Å². The molecule has 19 heavy (non-hydrogen) atoms. The number of rotatable bonds is 4. The van der Waals surface area contributed by atoms with Crippen LogP contribution in [0.5, 0.6) is 0 Å². The summed E-state index contributed by atoms with van der Waals surface area (Å²) >= 11 is 0. The van der Waals surface area contributed by atoms with E-state index in [0.717, 1.165) is 0 Å². The molecule has 0 bridgehead atoms. The van der Waals surface area contributed by atoms with E-state index in [9.17, 15) is 9.59 Å². The second-order valence-electron chi connectivity index (χ2n) is 4.17. The van der Waals surface area contributed by atoms with Gasteiger partial charge in [0.1, 0.15) is 0 Å². The van der Waals surface area contributed by atoms with E-state index < -0.39 is 5.97 Å². The lowest BCUT2D eigenvalue weighted by Crippen LogP contribution is -2.26. The second-order valence-corrected chi connectivity index (χ2v) is 4.17. The van der Waals surface area contributed by atoms with E-state index in [2.05, 4.69) is 10.1 Å². The van der Waals surface area contributed by atoms with Gasteiger partial charge in [-0.1, -0.05) is 5.16 Å². The summed E-state index contributed by atoms with van der Waals surface area (Å²) in [6.45, 7) is 3.53. The van der Waals surface area contributed by atoms with E-state index in [1.165, 1.54) is 17.0 Å². The smallest absolute Gasteiger partial charge is 0.337 e. The Morgan fingerprint density at radius 3 is 2.79 bits per heavy atom. The third-order valence-electron chi connectivity index (χ3n) is 2.94. The third kappa shape index (κ3) is 2.54. The summed E-state index contributed by atoms with van der Waals surface area (Å²) in [5.74, 6) is -0.634. The first-order chi connectivity index (χ1) is 9.00. The molecular formula is C12H13N3O4. The quantitative estimate of drug-likeness (QED) is 0.875. The van der Waals surface area contributed by atoms with Gasteiger partial charge in [0.15, 0.2) is 6.33 Å². The largest absolute Gasteiger partial charge is 0.478 e. The molecule has 1 N–H and O–H groups in total. The standard InChI is InChI=1S/C12H13N3O4/c1-7-5-10(16)15(8(2)11(7)12(17)18)4-3-9-13-6-14-19-9/h5-6H,3-4H2,1-2H3,(H,17,18). The van der Waals surface area contributed by atoms with Crippen molar-refractivity contribution < 1.29 is 14.4 Å². The zero-order valence-electron chi connectivity index (χ0n) is 10.6. The van der Waals surface area contributed by atoms with Gasteiger partial charge in [-0.25, -0.2) is 4.79 Å². The highest BCUT2D eigenvalue weighted by molar-refractivity contribution is 5.90. The molecule has 0 fully saturated rings. The first kappa shape index (κ1) is 13.0. The van der Waals surface area contributed by atoms with Crippen LogP contribution in [0.25, 0.3) is 0 Å². The number of hydrogen-bond donors (Lipinski definition) is 1. The summed E-state index contributed by atoms with van der Waals surface area (Å²) in [7, 11) is 0. The van der Waals surface area contributed by atoms with E-state index in [0.29, 0.717) is 30.1 Å². The van der Waals surface area contributed by atoms with Crippen LogP contribution in [-0.4, -0.2) is 25.8 Å². The average Bonchev–Trinajstić information content (AvgIpc) is 2.80. The van der Waals surface area contributed by atoms with Gasteiger partial charge in [-0.3, -0.25) is 4.79 Å². The SMILES string of the molecule is Cc1cc(=O)n(CCc2ncno2)c(C)c1C(=O)O. The van der Waals surface area contributed by atoms with Crippen molar-refractivity contribution in [3.63, 3.8) is 0 Å². The van der Waals surface area contributed by atoms with Gasteiger partial charge in [0.25, 0.3) is 5.56 Å². The zero-order valence-corrected chi connectivity index (χ0v) is 10.6. The fourth-order valence-corrected chi connectivity index (χ4v) is 2.04. The number of nitrogens with zero attached hydrogens (tertiary/aromatic N) is 3. The van der Waals surface area contributed by atoms with Crippen LogP contribution < -0.4 is 5.56 Å². The molecule has 2 rings (SSSR count). The molecule has 2 heterocycles. The highest BCUT2D eigenvalue weighted by atomic mass is 16.5. The Labute approximate surface area is 108 Å². The van der Waals surface area contributed by atoms with Crippen LogP contribution in [0.1, 0.15) is 27.5 Å². The van der Waals surface area contributed by atoms with Crippen LogP contribution >= 0.6 is 0 Å². The van der Waals surface area contributed by atoms with Crippen molar-refractivity contribution in [1.82, 2.24) is 14.7 Å². The molecule has 0 aliphatic rings. The van der Waals surface area contributed by atoms with E-state index in [1.807, 2.05) is 0 Å². The molecule has 100 valence electrons. The molecule has 2 aromatic heterocycles. The van der Waals surface area contributed by atoms with Crippen molar-refractivity contribution in [2.45, 2.75) is 26.8 Å². The molecule has 2 aromatic rings. The Hall–Kier alpha value is -2.44. The topological polar surface area (TPSA) is 98.2 Å². The lowest BCUT2D eigenvalue weighted by atomic mass is 10.1. The fourth-order valence-electron chi connectivity index (χ4n) is 2.04. The van der Waals surface area contributed by atoms with Gasteiger partial charge in [0, 0.05) is 24.7 Å². The van der Waals surface area contributed by atoms with Gasteiger partial charge in [-0.2, -0.15) is 4.98 Å². The Morgan fingerprint density at radius 2 is 2.21 bits per heavy atom. The number of aryl methyl sites for hydroxylation is 2. The summed E-state index contributed by atoms with van der Waals surface area (Å²) in [5, 5.41) is 12.6. The molecule has 0 saturated heterocycles. The predicted octanol–water partition coefficient (Wildman–Crippen LogP) is 0.789. The molecule has 0 amide bonds. The Balaban J connectivity index is 2.37. The first-order valence-corrected chi connectivity index (χ1v) is 5.70. The minimum atomic E-state index is -1.04. The molecular weight excluding hydrogens is 250 g/mol. The molecule has 0 aliphatic heterocycles. The maximum Gasteiger partial charge on any atom is 0.337 e. The highest BCUT2D eigenvalue weighted by Gasteiger charge is 2.16.